The molecule has 0 aliphatic heterocycles. The summed E-state index contributed by atoms with van der Waals surface area (Å²) in [5.74, 6) is 0. The number of benzene rings is 1. The van der Waals surface area contributed by atoms with E-state index in [4.69, 9.17) is 0 Å². The van der Waals surface area contributed by atoms with Crippen LogP contribution in [0.25, 0.3) is 0 Å². The van der Waals surface area contributed by atoms with E-state index in [2.05, 4.69) is 0 Å². The second-order valence-corrected chi connectivity index (χ2v) is 6.71. The highest BCUT2D eigenvalue weighted by molar-refractivity contribution is 7.55. The van der Waals surface area contributed by atoms with Gasteiger partial charge >= 0.3 is 24.7 Å². The van der Waals surface area contributed by atoms with Gasteiger partial charge in [0.05, 0.1) is 22.3 Å². The first-order chi connectivity index (χ1) is 12.9. The second kappa shape index (κ2) is 7.27. The molecule has 0 saturated carbocycles. The fourth-order valence-corrected chi connectivity index (χ4v) is 3.78. The van der Waals surface area contributed by atoms with E-state index in [1.807, 2.05) is 0 Å². The summed E-state index contributed by atoms with van der Waals surface area (Å²) in [6.45, 7) is 0. The minimum absolute atomic E-state index is 0.0729. The average molecular weight is 456 g/mol. The van der Waals surface area contributed by atoms with Gasteiger partial charge in [-0.25, -0.2) is 0 Å². The van der Waals surface area contributed by atoms with Gasteiger partial charge in [-0.3, -0.25) is 0 Å². The lowest BCUT2D eigenvalue weighted by molar-refractivity contribution is -0.161. The molecule has 158 valence electrons. The first-order valence-corrected chi connectivity index (χ1v) is 8.09. The van der Waals surface area contributed by atoms with Gasteiger partial charge in [0, 0.05) is 11.4 Å². The molecule has 1 atom stereocenters. The molecule has 0 nitrogen and oxygen atoms in total. The highest BCUT2D eigenvalue weighted by Crippen LogP contribution is 2.43. The maximum atomic E-state index is 13.2. The molecule has 0 aliphatic rings. The first kappa shape index (κ1) is 23.1. The zero-order chi connectivity index (χ0) is 22.4. The number of alkyl halides is 12. The summed E-state index contributed by atoms with van der Waals surface area (Å²) in [5, 5.41) is -2.65. The van der Waals surface area contributed by atoms with Crippen molar-refractivity contribution in [1.29, 1.82) is 0 Å². The predicted octanol–water partition coefficient (Wildman–Crippen LogP) is 5.99. The highest BCUT2D eigenvalue weighted by atomic mass is 31.1. The van der Waals surface area contributed by atoms with Crippen molar-refractivity contribution >= 4 is 19.2 Å². The van der Waals surface area contributed by atoms with E-state index in [9.17, 15) is 52.7 Å². The van der Waals surface area contributed by atoms with E-state index in [0.717, 1.165) is 0 Å². The third kappa shape index (κ3) is 5.07. The maximum absolute atomic E-state index is 13.2. The second-order valence-electron chi connectivity index (χ2n) is 5.42. The fraction of sp³-hybridized carbons (Fsp3) is 0.250. The lowest BCUT2D eigenvalue weighted by Gasteiger charge is -2.21. The average Bonchev–Trinajstić information content (AvgIpc) is 2.50. The lowest BCUT2D eigenvalue weighted by Crippen LogP contribution is -2.27. The van der Waals surface area contributed by atoms with Crippen LogP contribution in [0.5, 0.6) is 0 Å². The maximum Gasteiger partial charge on any atom is 0.418 e. The molecule has 2 aromatic rings. The molecule has 1 unspecified atom stereocenters. The van der Waals surface area contributed by atoms with Crippen LogP contribution in [0.1, 0.15) is 22.3 Å². The third-order valence-electron chi connectivity index (χ3n) is 3.43. The number of rotatable bonds is 2. The molecule has 0 heterocycles. The van der Waals surface area contributed by atoms with E-state index < -0.39 is 66.1 Å². The highest BCUT2D eigenvalue weighted by Gasteiger charge is 2.47. The Balaban J connectivity index is 2.77. The van der Waals surface area contributed by atoms with E-state index in [1.54, 1.807) is 12.1 Å². The standard InChI is InChI=1S/C16H5F12P/c17-13(18,19)7-3-1-5-9(11(7)15(23,24)25)29-10-6-2-4-8(14(20,21)22)12(10)16(26,27)28/h1,3-5,29H. The van der Waals surface area contributed by atoms with Crippen LogP contribution in [-0.2, 0) is 24.7 Å². The number of halogens is 12. The smallest absolute Gasteiger partial charge is 0.166 e. The van der Waals surface area contributed by atoms with Crippen LogP contribution in [0.2, 0.25) is 0 Å². The molecule has 0 N–H and O–H groups in total. The predicted molar refractivity (Wildman–Crippen MR) is 78.1 cm³/mol. The third-order valence-corrected chi connectivity index (χ3v) is 4.75. The Bertz CT molecular complexity index is 813. The van der Waals surface area contributed by atoms with Crippen molar-refractivity contribution in [2.75, 3.05) is 0 Å². The van der Waals surface area contributed by atoms with Crippen LogP contribution < -0.4 is 10.6 Å². The van der Waals surface area contributed by atoms with E-state index >= 15 is 0 Å². The van der Waals surface area contributed by atoms with Gasteiger partial charge in [-0.15, -0.1) is 0 Å². The van der Waals surface area contributed by atoms with Crippen LogP contribution in [0, 0.1) is 12.1 Å². The molecule has 0 fully saturated rings. The van der Waals surface area contributed by atoms with Crippen molar-refractivity contribution in [3.63, 3.8) is 0 Å². The zero-order valence-corrected chi connectivity index (χ0v) is 14.3. The van der Waals surface area contributed by atoms with Crippen LogP contribution in [0.3, 0.4) is 0 Å². The van der Waals surface area contributed by atoms with E-state index in [1.165, 1.54) is 0 Å². The molecule has 2 aromatic carbocycles. The van der Waals surface area contributed by atoms with Gasteiger partial charge in [-0.2, -0.15) is 52.7 Å². The Morgan fingerprint density at radius 3 is 1.59 bits per heavy atom. The van der Waals surface area contributed by atoms with Crippen molar-refractivity contribution in [2.24, 2.45) is 0 Å². The van der Waals surface area contributed by atoms with E-state index in [0.29, 0.717) is 12.1 Å². The van der Waals surface area contributed by atoms with Crippen molar-refractivity contribution < 1.29 is 52.7 Å². The molecule has 0 amide bonds. The molecule has 0 spiro atoms. The topological polar surface area (TPSA) is 0 Å². The van der Waals surface area contributed by atoms with Gasteiger partial charge in [0.25, 0.3) is 0 Å². The largest absolute Gasteiger partial charge is 0.418 e. The van der Waals surface area contributed by atoms with Gasteiger partial charge in [0.1, 0.15) is 0 Å². The Hall–Kier alpha value is -2.15. The molecule has 0 saturated heterocycles. The molecule has 2 rings (SSSR count). The van der Waals surface area contributed by atoms with E-state index in [-0.39, 0.29) is 12.1 Å². The van der Waals surface area contributed by atoms with Gasteiger partial charge in [0.2, 0.25) is 0 Å². The van der Waals surface area contributed by atoms with Gasteiger partial charge in [-0.1, -0.05) is 24.3 Å². The van der Waals surface area contributed by atoms with Gasteiger partial charge in [-0.05, 0) is 20.0 Å². The summed E-state index contributed by atoms with van der Waals surface area (Å²) in [6.07, 6.45) is -22.3. The molecule has 0 radical (unpaired) electrons. The summed E-state index contributed by atoms with van der Waals surface area (Å²) in [6, 6.07) is 4.26. The Kier molecular flexibility index (Phi) is 5.80. The van der Waals surface area contributed by atoms with Crippen LogP contribution in [-0.4, -0.2) is 0 Å². The van der Waals surface area contributed by atoms with Crippen LogP contribution in [0.15, 0.2) is 24.3 Å². The zero-order valence-electron chi connectivity index (χ0n) is 13.3. The molecular weight excluding hydrogens is 451 g/mol. The summed E-state index contributed by atoms with van der Waals surface area (Å²) in [7, 11) is -1.85. The summed E-state index contributed by atoms with van der Waals surface area (Å²) in [5.41, 5.74) is -9.00. The van der Waals surface area contributed by atoms with Gasteiger partial charge in [0.15, 0.2) is 0 Å². The summed E-state index contributed by atoms with van der Waals surface area (Å²) >= 11 is 0. The quantitative estimate of drug-likeness (QED) is 0.385. The molecule has 29 heavy (non-hydrogen) atoms. The van der Waals surface area contributed by atoms with Crippen LogP contribution >= 0.6 is 8.58 Å². The fourth-order valence-electron chi connectivity index (χ4n) is 2.39. The van der Waals surface area contributed by atoms with Gasteiger partial charge < -0.3 is 0 Å². The monoisotopic (exact) mass is 456 g/mol. The number of hydrogen-bond acceptors (Lipinski definition) is 0. The minimum Gasteiger partial charge on any atom is -0.166 e. The SMILES string of the molecule is FC(F)(F)c1cc#cc(Pc2cccc(C(F)(F)F)c2C(F)(F)F)c1C(F)(F)F. The minimum atomic E-state index is -5.65. The normalized spacial score (nSPS) is 13.4. The Labute approximate surface area is 156 Å². The summed E-state index contributed by atoms with van der Waals surface area (Å²) in [4.78, 5) is 0. The van der Waals surface area contributed by atoms with Crippen molar-refractivity contribution in [3.8, 4) is 0 Å². The molecular formula is C16H5F12P. The van der Waals surface area contributed by atoms with Crippen molar-refractivity contribution in [3.05, 3.63) is 58.7 Å². The molecule has 0 bridgehead atoms. The van der Waals surface area contributed by atoms with Crippen molar-refractivity contribution in [1.82, 2.24) is 0 Å². The Morgan fingerprint density at radius 2 is 1.14 bits per heavy atom. The van der Waals surface area contributed by atoms with Crippen LogP contribution in [0.4, 0.5) is 52.7 Å². The first-order valence-electron chi connectivity index (χ1n) is 7.09. The Morgan fingerprint density at radius 1 is 0.621 bits per heavy atom. The summed E-state index contributed by atoms with van der Waals surface area (Å²) < 4.78 is 157. The molecule has 0 aromatic heterocycles. The molecule has 0 aliphatic carbocycles. The lowest BCUT2D eigenvalue weighted by atomic mass is 10.1. The number of hydrogen-bond donors (Lipinski definition) is 0. The molecule has 13 heteroatoms. The van der Waals surface area contributed by atoms with Crippen molar-refractivity contribution in [2.45, 2.75) is 24.7 Å².